The van der Waals surface area contributed by atoms with E-state index in [1.165, 1.54) is 23.5 Å². The van der Waals surface area contributed by atoms with E-state index in [1.807, 2.05) is 17.5 Å². The second kappa shape index (κ2) is 6.27. The largest absolute Gasteiger partial charge is 0.478 e. The molecule has 112 valence electrons. The van der Waals surface area contributed by atoms with E-state index in [0.29, 0.717) is 4.47 Å². The maximum absolute atomic E-state index is 12.4. The second-order valence-corrected chi connectivity index (χ2v) is 7.82. The quantitative estimate of drug-likeness (QED) is 0.821. The SMILES string of the molecule is C[C@H](NS(=O)(=O)c1cc(C(=O)O)ccc1Br)c1cccs1. The van der Waals surface area contributed by atoms with Crippen molar-refractivity contribution in [1.82, 2.24) is 4.72 Å². The zero-order chi connectivity index (χ0) is 15.6. The lowest BCUT2D eigenvalue weighted by molar-refractivity contribution is 0.0696. The molecule has 0 radical (unpaired) electrons. The molecule has 0 aliphatic rings. The number of sulfonamides is 1. The lowest BCUT2D eigenvalue weighted by Gasteiger charge is -2.14. The minimum absolute atomic E-state index is 0.0812. The molecule has 1 aromatic heterocycles. The molecule has 0 aliphatic heterocycles. The fraction of sp³-hybridized carbons (Fsp3) is 0.154. The molecule has 0 saturated heterocycles. The van der Waals surface area contributed by atoms with Gasteiger partial charge in [-0.25, -0.2) is 17.9 Å². The summed E-state index contributed by atoms with van der Waals surface area (Å²) < 4.78 is 27.7. The summed E-state index contributed by atoms with van der Waals surface area (Å²) in [5.41, 5.74) is -0.0812. The first kappa shape index (κ1) is 16.2. The Morgan fingerprint density at radius 2 is 2.10 bits per heavy atom. The highest BCUT2D eigenvalue weighted by atomic mass is 79.9. The summed E-state index contributed by atoms with van der Waals surface area (Å²) in [6, 6.07) is 7.17. The smallest absolute Gasteiger partial charge is 0.335 e. The lowest BCUT2D eigenvalue weighted by Crippen LogP contribution is -2.27. The number of thiophene rings is 1. The van der Waals surface area contributed by atoms with E-state index in [4.69, 9.17) is 5.11 Å². The molecule has 2 rings (SSSR count). The number of hydrogen-bond acceptors (Lipinski definition) is 4. The fourth-order valence-corrected chi connectivity index (χ4v) is 4.76. The Morgan fingerprint density at radius 3 is 2.67 bits per heavy atom. The van der Waals surface area contributed by atoms with Crippen LogP contribution in [0.5, 0.6) is 0 Å². The molecule has 21 heavy (non-hydrogen) atoms. The van der Waals surface area contributed by atoms with Crippen molar-refractivity contribution in [2.45, 2.75) is 17.9 Å². The number of carbonyl (C=O) groups is 1. The molecule has 1 heterocycles. The van der Waals surface area contributed by atoms with E-state index in [-0.39, 0.29) is 10.5 Å². The van der Waals surface area contributed by atoms with Gasteiger partial charge in [-0.3, -0.25) is 0 Å². The van der Waals surface area contributed by atoms with Crippen LogP contribution in [0.1, 0.15) is 28.2 Å². The first-order chi connectivity index (χ1) is 9.81. The molecule has 0 bridgehead atoms. The van der Waals surface area contributed by atoms with Crippen LogP contribution in [0, 0.1) is 0 Å². The van der Waals surface area contributed by atoms with Gasteiger partial charge in [0.25, 0.3) is 0 Å². The van der Waals surface area contributed by atoms with Crippen molar-refractivity contribution in [3.8, 4) is 0 Å². The van der Waals surface area contributed by atoms with Gasteiger partial charge in [-0.1, -0.05) is 6.07 Å². The Labute approximate surface area is 134 Å². The standard InChI is InChI=1S/C13H12BrNO4S2/c1-8(11-3-2-6-20-11)15-21(18,19)12-7-9(13(16)17)4-5-10(12)14/h2-8,15H,1H3,(H,16,17)/t8-/m0/s1. The molecule has 1 atom stereocenters. The topological polar surface area (TPSA) is 83.5 Å². The average molecular weight is 390 g/mol. The highest BCUT2D eigenvalue weighted by Gasteiger charge is 2.22. The Balaban J connectivity index is 2.35. The molecule has 0 amide bonds. The molecule has 1 aromatic carbocycles. The molecule has 8 heteroatoms. The van der Waals surface area contributed by atoms with Crippen LogP contribution in [0.4, 0.5) is 0 Å². The molecule has 0 unspecified atom stereocenters. The van der Waals surface area contributed by atoms with E-state index in [9.17, 15) is 13.2 Å². The van der Waals surface area contributed by atoms with Crippen LogP contribution in [0.25, 0.3) is 0 Å². The van der Waals surface area contributed by atoms with Crippen LogP contribution in [0.3, 0.4) is 0 Å². The monoisotopic (exact) mass is 389 g/mol. The van der Waals surface area contributed by atoms with Crippen molar-refractivity contribution >= 4 is 43.3 Å². The highest BCUT2D eigenvalue weighted by Crippen LogP contribution is 2.26. The van der Waals surface area contributed by atoms with Crippen molar-refractivity contribution < 1.29 is 18.3 Å². The molecule has 0 saturated carbocycles. The van der Waals surface area contributed by atoms with Crippen LogP contribution < -0.4 is 4.72 Å². The molecule has 2 aromatic rings. The molecule has 5 nitrogen and oxygen atoms in total. The number of nitrogens with one attached hydrogen (secondary N) is 1. The van der Waals surface area contributed by atoms with Gasteiger partial charge in [0, 0.05) is 9.35 Å². The zero-order valence-corrected chi connectivity index (χ0v) is 14.1. The second-order valence-electron chi connectivity index (χ2n) is 4.31. The zero-order valence-electron chi connectivity index (χ0n) is 10.9. The summed E-state index contributed by atoms with van der Waals surface area (Å²) in [5, 5.41) is 10.8. The van der Waals surface area contributed by atoms with Crippen LogP contribution in [0.2, 0.25) is 0 Å². The number of hydrogen-bond donors (Lipinski definition) is 2. The van der Waals surface area contributed by atoms with Gasteiger partial charge < -0.3 is 5.11 Å². The van der Waals surface area contributed by atoms with E-state index in [1.54, 1.807) is 6.92 Å². The molecular formula is C13H12BrNO4S2. The average Bonchev–Trinajstić information content (AvgIpc) is 2.92. The Hall–Kier alpha value is -1.22. The number of aromatic carboxylic acids is 1. The molecule has 2 N–H and O–H groups in total. The number of carboxylic acids is 1. The predicted octanol–water partition coefficient (Wildman–Crippen LogP) is 3.25. The predicted molar refractivity (Wildman–Crippen MR) is 84.2 cm³/mol. The maximum atomic E-state index is 12.4. The van der Waals surface area contributed by atoms with Crippen molar-refractivity contribution in [2.75, 3.05) is 0 Å². The minimum atomic E-state index is -3.83. The summed E-state index contributed by atoms with van der Waals surface area (Å²) in [5.74, 6) is -1.18. The Bertz CT molecular complexity index is 756. The van der Waals surface area contributed by atoms with Gasteiger partial charge in [0.05, 0.1) is 16.5 Å². The van der Waals surface area contributed by atoms with Crippen molar-refractivity contribution in [3.63, 3.8) is 0 Å². The third kappa shape index (κ3) is 3.70. The minimum Gasteiger partial charge on any atom is -0.478 e. The summed E-state index contributed by atoms with van der Waals surface area (Å²) in [7, 11) is -3.83. The molecular weight excluding hydrogens is 378 g/mol. The van der Waals surface area contributed by atoms with E-state index >= 15 is 0 Å². The molecule has 0 fully saturated rings. The van der Waals surface area contributed by atoms with Crippen LogP contribution in [-0.2, 0) is 10.0 Å². The summed E-state index contributed by atoms with van der Waals surface area (Å²) in [4.78, 5) is 11.8. The van der Waals surface area contributed by atoms with E-state index in [0.717, 1.165) is 10.9 Å². The van der Waals surface area contributed by atoms with Gasteiger partial charge in [0.15, 0.2) is 0 Å². The third-order valence-electron chi connectivity index (χ3n) is 2.77. The summed E-state index contributed by atoms with van der Waals surface area (Å²) >= 11 is 4.59. The normalized spacial score (nSPS) is 13.0. The Morgan fingerprint density at radius 1 is 1.38 bits per heavy atom. The van der Waals surface area contributed by atoms with Crippen LogP contribution in [-0.4, -0.2) is 19.5 Å². The van der Waals surface area contributed by atoms with Gasteiger partial charge in [-0.15, -0.1) is 11.3 Å². The number of rotatable bonds is 5. The van der Waals surface area contributed by atoms with Gasteiger partial charge in [0.1, 0.15) is 0 Å². The fourth-order valence-electron chi connectivity index (χ4n) is 1.73. The third-order valence-corrected chi connectivity index (χ3v) is 6.36. The number of benzene rings is 1. The van der Waals surface area contributed by atoms with E-state index in [2.05, 4.69) is 20.7 Å². The van der Waals surface area contributed by atoms with Crippen molar-refractivity contribution in [3.05, 3.63) is 50.6 Å². The summed E-state index contributed by atoms with van der Waals surface area (Å²) in [6.45, 7) is 1.73. The maximum Gasteiger partial charge on any atom is 0.335 e. The van der Waals surface area contributed by atoms with Gasteiger partial charge >= 0.3 is 5.97 Å². The number of carboxylic acid groups (broad SMARTS) is 1. The first-order valence-electron chi connectivity index (χ1n) is 5.90. The lowest BCUT2D eigenvalue weighted by atomic mass is 10.2. The number of halogens is 1. The van der Waals surface area contributed by atoms with Crippen LogP contribution in [0.15, 0.2) is 45.1 Å². The highest BCUT2D eigenvalue weighted by molar-refractivity contribution is 9.10. The molecule has 0 spiro atoms. The molecule has 0 aliphatic carbocycles. The van der Waals surface area contributed by atoms with Crippen molar-refractivity contribution in [2.24, 2.45) is 0 Å². The van der Waals surface area contributed by atoms with Gasteiger partial charge in [0.2, 0.25) is 10.0 Å². The van der Waals surface area contributed by atoms with Gasteiger partial charge in [-0.05, 0) is 52.5 Å². The van der Waals surface area contributed by atoms with Crippen LogP contribution >= 0.6 is 27.3 Å². The van der Waals surface area contributed by atoms with E-state index < -0.39 is 22.0 Å². The Kier molecular flexibility index (Phi) is 4.82. The van der Waals surface area contributed by atoms with Crippen molar-refractivity contribution in [1.29, 1.82) is 0 Å². The first-order valence-corrected chi connectivity index (χ1v) is 9.05. The van der Waals surface area contributed by atoms with Gasteiger partial charge in [-0.2, -0.15) is 0 Å². The summed E-state index contributed by atoms with van der Waals surface area (Å²) in [6.07, 6.45) is 0.